The maximum atomic E-state index is 12.6. The van der Waals surface area contributed by atoms with Gasteiger partial charge in [0, 0.05) is 12.2 Å². The number of ketones is 1. The molecule has 0 spiro atoms. The van der Waals surface area contributed by atoms with E-state index in [0.29, 0.717) is 12.2 Å². The van der Waals surface area contributed by atoms with Crippen molar-refractivity contribution in [1.29, 1.82) is 0 Å². The van der Waals surface area contributed by atoms with E-state index in [-0.39, 0.29) is 5.78 Å². The molecule has 0 aliphatic carbocycles. The quantitative estimate of drug-likeness (QED) is 0.548. The highest BCUT2D eigenvalue weighted by Crippen LogP contribution is 2.22. The van der Waals surface area contributed by atoms with Gasteiger partial charge in [0.1, 0.15) is 6.10 Å². The second-order valence-corrected chi connectivity index (χ2v) is 4.75. The maximum Gasteiger partial charge on any atom is 0.196 e. The summed E-state index contributed by atoms with van der Waals surface area (Å²) < 4.78 is 5.84. The molecule has 20 heavy (non-hydrogen) atoms. The van der Waals surface area contributed by atoms with Crippen LogP contribution in [-0.2, 0) is 4.74 Å². The Morgan fingerprint density at radius 3 is 2.20 bits per heavy atom. The molecule has 0 radical (unpaired) electrons. The van der Waals surface area contributed by atoms with Crippen LogP contribution in [0.25, 0.3) is 0 Å². The zero-order valence-electron chi connectivity index (χ0n) is 11.8. The molecule has 0 N–H and O–H groups in total. The van der Waals surface area contributed by atoms with E-state index in [9.17, 15) is 4.79 Å². The SMILES string of the molecule is CCCCO[C@H](C(=O)c1ccccc1)c1ccccc1. The monoisotopic (exact) mass is 268 g/mol. The Balaban J connectivity index is 2.20. The van der Waals surface area contributed by atoms with Gasteiger partial charge in [-0.05, 0) is 12.0 Å². The summed E-state index contributed by atoms with van der Waals surface area (Å²) in [5.74, 6) is 0.0212. The first-order valence-corrected chi connectivity index (χ1v) is 7.08. The number of unbranched alkanes of at least 4 members (excludes halogenated alkanes) is 1. The Labute approximate surface area is 120 Å². The molecule has 0 saturated carbocycles. The molecule has 0 aliphatic rings. The van der Waals surface area contributed by atoms with Crippen molar-refractivity contribution in [3.63, 3.8) is 0 Å². The van der Waals surface area contributed by atoms with Crippen LogP contribution < -0.4 is 0 Å². The lowest BCUT2D eigenvalue weighted by Gasteiger charge is -2.17. The first-order chi connectivity index (χ1) is 9.83. The third kappa shape index (κ3) is 3.78. The van der Waals surface area contributed by atoms with E-state index in [2.05, 4.69) is 6.92 Å². The normalized spacial score (nSPS) is 12.1. The van der Waals surface area contributed by atoms with Crippen LogP contribution in [0.4, 0.5) is 0 Å². The van der Waals surface area contributed by atoms with Gasteiger partial charge in [-0.15, -0.1) is 0 Å². The molecule has 0 heterocycles. The van der Waals surface area contributed by atoms with Crippen molar-refractivity contribution >= 4 is 5.78 Å². The number of hydrogen-bond donors (Lipinski definition) is 0. The van der Waals surface area contributed by atoms with Gasteiger partial charge in [0.15, 0.2) is 5.78 Å². The summed E-state index contributed by atoms with van der Waals surface area (Å²) in [4.78, 5) is 12.6. The second kappa shape index (κ2) is 7.61. The fourth-order valence-electron chi connectivity index (χ4n) is 2.05. The average Bonchev–Trinajstić information content (AvgIpc) is 2.53. The minimum atomic E-state index is -0.509. The summed E-state index contributed by atoms with van der Waals surface area (Å²) in [6.07, 6.45) is 1.51. The molecule has 0 amide bonds. The van der Waals surface area contributed by atoms with Crippen LogP contribution in [0, 0.1) is 0 Å². The number of ether oxygens (including phenoxy) is 1. The van der Waals surface area contributed by atoms with E-state index in [1.54, 1.807) is 0 Å². The molecule has 0 bridgehead atoms. The van der Waals surface area contributed by atoms with Crippen molar-refractivity contribution < 1.29 is 9.53 Å². The molecule has 2 heteroatoms. The molecular formula is C18H20O2. The maximum absolute atomic E-state index is 12.6. The topological polar surface area (TPSA) is 26.3 Å². The van der Waals surface area contributed by atoms with E-state index >= 15 is 0 Å². The largest absolute Gasteiger partial charge is 0.365 e. The summed E-state index contributed by atoms with van der Waals surface area (Å²) >= 11 is 0. The second-order valence-electron chi connectivity index (χ2n) is 4.75. The van der Waals surface area contributed by atoms with Gasteiger partial charge in [0.2, 0.25) is 0 Å². The minimum Gasteiger partial charge on any atom is -0.365 e. The highest BCUT2D eigenvalue weighted by molar-refractivity contribution is 6.00. The van der Waals surface area contributed by atoms with E-state index in [0.717, 1.165) is 18.4 Å². The summed E-state index contributed by atoms with van der Waals surface area (Å²) in [5, 5.41) is 0. The summed E-state index contributed by atoms with van der Waals surface area (Å²) in [6, 6.07) is 19.0. The molecule has 2 aromatic rings. The van der Waals surface area contributed by atoms with E-state index in [1.165, 1.54) is 0 Å². The van der Waals surface area contributed by atoms with Gasteiger partial charge < -0.3 is 4.74 Å². The van der Waals surface area contributed by atoms with Crippen molar-refractivity contribution in [3.8, 4) is 0 Å². The first kappa shape index (κ1) is 14.5. The van der Waals surface area contributed by atoms with E-state index in [1.807, 2.05) is 60.7 Å². The lowest BCUT2D eigenvalue weighted by molar-refractivity contribution is 0.0395. The molecule has 1 atom stereocenters. The number of rotatable bonds is 7. The molecule has 104 valence electrons. The third-order valence-electron chi connectivity index (χ3n) is 3.18. The van der Waals surface area contributed by atoms with Crippen molar-refractivity contribution in [1.82, 2.24) is 0 Å². The van der Waals surface area contributed by atoms with Crippen molar-refractivity contribution in [2.45, 2.75) is 25.9 Å². The molecule has 2 nitrogen and oxygen atoms in total. The fourth-order valence-corrected chi connectivity index (χ4v) is 2.05. The van der Waals surface area contributed by atoms with E-state index in [4.69, 9.17) is 4.74 Å². The summed E-state index contributed by atoms with van der Waals surface area (Å²) in [6.45, 7) is 2.72. The highest BCUT2D eigenvalue weighted by atomic mass is 16.5. The van der Waals surface area contributed by atoms with Crippen LogP contribution in [-0.4, -0.2) is 12.4 Å². The standard InChI is InChI=1S/C18H20O2/c1-2-3-14-20-18(16-12-8-5-9-13-16)17(19)15-10-6-4-7-11-15/h4-13,18H,2-3,14H2,1H3/t18-/m0/s1. The molecule has 0 saturated heterocycles. The van der Waals surface area contributed by atoms with Gasteiger partial charge in [-0.2, -0.15) is 0 Å². The average molecular weight is 268 g/mol. The van der Waals surface area contributed by atoms with Crippen molar-refractivity contribution in [2.24, 2.45) is 0 Å². The Morgan fingerprint density at radius 1 is 1.00 bits per heavy atom. The predicted octanol–water partition coefficient (Wildman–Crippen LogP) is 4.43. The van der Waals surface area contributed by atoms with Crippen LogP contribution in [0.15, 0.2) is 60.7 Å². The molecule has 2 rings (SSSR count). The number of carbonyl (C=O) groups excluding carboxylic acids is 1. The van der Waals surface area contributed by atoms with Gasteiger partial charge in [0.05, 0.1) is 0 Å². The van der Waals surface area contributed by atoms with E-state index < -0.39 is 6.10 Å². The van der Waals surface area contributed by atoms with Gasteiger partial charge in [0.25, 0.3) is 0 Å². The number of hydrogen-bond acceptors (Lipinski definition) is 2. The lowest BCUT2D eigenvalue weighted by Crippen LogP contribution is -2.17. The van der Waals surface area contributed by atoms with Crippen molar-refractivity contribution in [3.05, 3.63) is 71.8 Å². The van der Waals surface area contributed by atoms with Crippen LogP contribution in [0.2, 0.25) is 0 Å². The highest BCUT2D eigenvalue weighted by Gasteiger charge is 2.22. The molecule has 0 aromatic heterocycles. The van der Waals surface area contributed by atoms with Crippen LogP contribution in [0.3, 0.4) is 0 Å². The molecule has 2 aromatic carbocycles. The zero-order chi connectivity index (χ0) is 14.2. The third-order valence-corrected chi connectivity index (χ3v) is 3.18. The zero-order valence-corrected chi connectivity index (χ0v) is 11.8. The van der Waals surface area contributed by atoms with Gasteiger partial charge >= 0.3 is 0 Å². The van der Waals surface area contributed by atoms with Crippen LogP contribution in [0.1, 0.15) is 41.8 Å². The first-order valence-electron chi connectivity index (χ1n) is 7.08. The number of benzene rings is 2. The van der Waals surface area contributed by atoms with Gasteiger partial charge in [-0.1, -0.05) is 74.0 Å². The lowest BCUT2D eigenvalue weighted by atomic mass is 10.00. The molecule has 0 unspecified atom stereocenters. The smallest absolute Gasteiger partial charge is 0.196 e. The summed E-state index contributed by atoms with van der Waals surface area (Å²) in [7, 11) is 0. The Kier molecular flexibility index (Phi) is 5.51. The molecule has 0 fully saturated rings. The number of Topliss-reactive ketones (excluding diaryl/α,β-unsaturated/α-hetero) is 1. The van der Waals surface area contributed by atoms with Crippen LogP contribution in [0.5, 0.6) is 0 Å². The van der Waals surface area contributed by atoms with Gasteiger partial charge in [-0.25, -0.2) is 0 Å². The molecular weight excluding hydrogens is 248 g/mol. The summed E-state index contributed by atoms with van der Waals surface area (Å²) in [5.41, 5.74) is 1.61. The van der Waals surface area contributed by atoms with Crippen molar-refractivity contribution in [2.75, 3.05) is 6.61 Å². The minimum absolute atomic E-state index is 0.0212. The molecule has 0 aliphatic heterocycles. The van der Waals surface area contributed by atoms with Gasteiger partial charge in [-0.3, -0.25) is 4.79 Å². The Morgan fingerprint density at radius 2 is 1.60 bits per heavy atom. The predicted molar refractivity (Wildman–Crippen MR) is 80.8 cm³/mol. The van der Waals surface area contributed by atoms with Crippen LogP contribution >= 0.6 is 0 Å². The Hall–Kier alpha value is -1.93. The number of carbonyl (C=O) groups is 1. The Bertz CT molecular complexity index is 520. The fraction of sp³-hybridized carbons (Fsp3) is 0.278.